The Morgan fingerprint density at radius 3 is 2.67 bits per heavy atom. The van der Waals surface area contributed by atoms with E-state index in [1.54, 1.807) is 0 Å². The molecule has 0 saturated heterocycles. The van der Waals surface area contributed by atoms with Gasteiger partial charge in [-0.15, -0.1) is 0 Å². The molecule has 1 aromatic rings. The monoisotopic (exact) mass is 289 g/mol. The van der Waals surface area contributed by atoms with E-state index in [9.17, 15) is 4.79 Å². The third kappa shape index (κ3) is 3.31. The first-order valence-electron chi connectivity index (χ1n) is 7.82. The number of benzene rings is 1. The van der Waals surface area contributed by atoms with E-state index in [1.165, 1.54) is 6.42 Å². The molecular weight excluding hydrogens is 266 g/mol. The Kier molecular flexibility index (Phi) is 4.04. The minimum atomic E-state index is -0.549. The van der Waals surface area contributed by atoms with Gasteiger partial charge in [-0.25, -0.2) is 4.79 Å². The molecule has 0 aromatic heterocycles. The summed E-state index contributed by atoms with van der Waals surface area (Å²) < 4.78 is 11.4. The molecular formula is C17H23NO3. The molecule has 0 amide bonds. The van der Waals surface area contributed by atoms with Gasteiger partial charge in [0.25, 0.3) is 0 Å². The van der Waals surface area contributed by atoms with E-state index >= 15 is 0 Å². The van der Waals surface area contributed by atoms with Crippen LogP contribution in [0.4, 0.5) is 5.69 Å². The predicted octanol–water partition coefficient (Wildman–Crippen LogP) is 3.23. The second-order valence-electron chi connectivity index (χ2n) is 6.46. The largest absolute Gasteiger partial charge is 0.475 e. The molecule has 1 aliphatic heterocycles. The number of para-hydroxylation sites is 2. The predicted molar refractivity (Wildman–Crippen MR) is 81.4 cm³/mol. The average molecular weight is 289 g/mol. The maximum Gasteiger partial charge on any atom is 0.349 e. The summed E-state index contributed by atoms with van der Waals surface area (Å²) in [6, 6.07) is 7.66. The summed E-state index contributed by atoms with van der Waals surface area (Å²) in [7, 11) is 0. The molecule has 0 spiro atoms. The van der Waals surface area contributed by atoms with Crippen LogP contribution < -0.4 is 10.1 Å². The van der Waals surface area contributed by atoms with E-state index in [0.29, 0.717) is 18.4 Å². The molecule has 0 bridgehead atoms. The van der Waals surface area contributed by atoms with Crippen molar-refractivity contribution in [2.24, 2.45) is 11.8 Å². The number of hydrogen-bond acceptors (Lipinski definition) is 4. The molecule has 1 saturated carbocycles. The highest BCUT2D eigenvalue weighted by Crippen LogP contribution is 2.32. The molecule has 0 radical (unpaired) electrons. The summed E-state index contributed by atoms with van der Waals surface area (Å²) in [6.45, 7) is 4.92. The lowest BCUT2D eigenvalue weighted by molar-refractivity contribution is -0.160. The van der Waals surface area contributed by atoms with Gasteiger partial charge in [0.15, 0.2) is 0 Å². The van der Waals surface area contributed by atoms with Crippen LogP contribution in [-0.2, 0) is 9.53 Å². The fraction of sp³-hybridized carbons (Fsp3) is 0.588. The maximum absolute atomic E-state index is 12.3. The van der Waals surface area contributed by atoms with Crippen LogP contribution >= 0.6 is 0 Å². The Morgan fingerprint density at radius 2 is 1.90 bits per heavy atom. The van der Waals surface area contributed by atoms with Gasteiger partial charge >= 0.3 is 5.97 Å². The van der Waals surface area contributed by atoms with E-state index in [0.717, 1.165) is 24.3 Å². The molecule has 3 rings (SSSR count). The van der Waals surface area contributed by atoms with Gasteiger partial charge in [0.2, 0.25) is 6.10 Å². The van der Waals surface area contributed by atoms with Gasteiger partial charge in [-0.2, -0.15) is 0 Å². The van der Waals surface area contributed by atoms with Crippen LogP contribution in [0.25, 0.3) is 0 Å². The summed E-state index contributed by atoms with van der Waals surface area (Å²) in [4.78, 5) is 12.3. The first-order valence-corrected chi connectivity index (χ1v) is 7.82. The van der Waals surface area contributed by atoms with E-state index < -0.39 is 6.10 Å². The second kappa shape index (κ2) is 5.96. The van der Waals surface area contributed by atoms with Crippen molar-refractivity contribution in [3.63, 3.8) is 0 Å². The van der Waals surface area contributed by atoms with Crippen molar-refractivity contribution in [2.75, 3.05) is 11.9 Å². The van der Waals surface area contributed by atoms with Crippen LogP contribution in [-0.4, -0.2) is 24.7 Å². The van der Waals surface area contributed by atoms with Crippen LogP contribution in [0.5, 0.6) is 5.75 Å². The Morgan fingerprint density at radius 1 is 1.19 bits per heavy atom. The number of fused-ring (bicyclic) bond motifs is 1. The molecule has 3 unspecified atom stereocenters. The van der Waals surface area contributed by atoms with Crippen LogP contribution in [0.2, 0.25) is 0 Å². The fourth-order valence-corrected chi connectivity index (χ4v) is 3.45. The van der Waals surface area contributed by atoms with Gasteiger partial charge in [0.05, 0.1) is 12.2 Å². The van der Waals surface area contributed by atoms with Crippen LogP contribution in [0, 0.1) is 11.8 Å². The maximum atomic E-state index is 12.3. The van der Waals surface area contributed by atoms with Crippen molar-refractivity contribution >= 4 is 11.7 Å². The third-order valence-corrected chi connectivity index (χ3v) is 4.32. The van der Waals surface area contributed by atoms with E-state index in [1.807, 2.05) is 24.3 Å². The van der Waals surface area contributed by atoms with Gasteiger partial charge in [0, 0.05) is 0 Å². The Bertz CT molecular complexity index is 507. The third-order valence-electron chi connectivity index (χ3n) is 4.32. The molecule has 2 aliphatic rings. The zero-order valence-electron chi connectivity index (χ0n) is 12.7. The Labute approximate surface area is 125 Å². The normalized spacial score (nSPS) is 31.5. The molecule has 1 heterocycles. The number of anilines is 1. The van der Waals surface area contributed by atoms with Gasteiger partial charge in [-0.1, -0.05) is 26.0 Å². The van der Waals surface area contributed by atoms with Crippen molar-refractivity contribution < 1.29 is 14.3 Å². The van der Waals surface area contributed by atoms with Crippen molar-refractivity contribution in [1.29, 1.82) is 0 Å². The quantitative estimate of drug-likeness (QED) is 0.849. The average Bonchev–Trinajstić information content (AvgIpc) is 2.45. The molecule has 1 fully saturated rings. The van der Waals surface area contributed by atoms with Gasteiger partial charge < -0.3 is 14.8 Å². The number of carbonyl (C=O) groups is 1. The first-order chi connectivity index (χ1) is 10.1. The van der Waals surface area contributed by atoms with Crippen LogP contribution in [0.15, 0.2) is 24.3 Å². The lowest BCUT2D eigenvalue weighted by atomic mass is 9.82. The van der Waals surface area contributed by atoms with Crippen molar-refractivity contribution in [2.45, 2.75) is 45.3 Å². The van der Waals surface area contributed by atoms with Crippen molar-refractivity contribution in [3.8, 4) is 5.75 Å². The molecule has 1 aliphatic carbocycles. The first kappa shape index (κ1) is 14.2. The summed E-state index contributed by atoms with van der Waals surface area (Å²) in [5.41, 5.74) is 0.932. The van der Waals surface area contributed by atoms with E-state index in [-0.39, 0.29) is 12.1 Å². The van der Waals surface area contributed by atoms with Gasteiger partial charge in [0.1, 0.15) is 11.9 Å². The molecule has 4 heteroatoms. The summed E-state index contributed by atoms with van der Waals surface area (Å²) in [5, 5.41) is 3.22. The molecule has 1 N–H and O–H groups in total. The van der Waals surface area contributed by atoms with Crippen molar-refractivity contribution in [3.05, 3.63) is 24.3 Å². The highest BCUT2D eigenvalue weighted by atomic mass is 16.6. The lowest BCUT2D eigenvalue weighted by Gasteiger charge is -2.33. The fourth-order valence-electron chi connectivity index (χ4n) is 3.45. The molecule has 4 nitrogen and oxygen atoms in total. The van der Waals surface area contributed by atoms with Crippen LogP contribution in [0.3, 0.4) is 0 Å². The molecule has 3 atom stereocenters. The molecule has 114 valence electrons. The topological polar surface area (TPSA) is 47.6 Å². The minimum Gasteiger partial charge on any atom is -0.475 e. The summed E-state index contributed by atoms with van der Waals surface area (Å²) in [5.74, 6) is 1.72. The SMILES string of the molecule is CC1CC(C)CC(OC(=O)C2CNc3ccccc3O2)C1. The zero-order valence-corrected chi connectivity index (χ0v) is 12.7. The number of rotatable bonds is 2. The standard InChI is InChI=1S/C17H23NO3/c1-11-7-12(2)9-13(8-11)20-17(19)16-10-18-14-5-3-4-6-15(14)21-16/h3-6,11-13,16,18H,7-10H2,1-2H3. The van der Waals surface area contributed by atoms with Crippen molar-refractivity contribution in [1.82, 2.24) is 0 Å². The van der Waals surface area contributed by atoms with E-state index in [4.69, 9.17) is 9.47 Å². The molecule has 21 heavy (non-hydrogen) atoms. The number of ether oxygens (including phenoxy) is 2. The number of hydrogen-bond donors (Lipinski definition) is 1. The minimum absolute atomic E-state index is 0.0389. The summed E-state index contributed by atoms with van der Waals surface area (Å²) >= 11 is 0. The number of nitrogens with one attached hydrogen (secondary N) is 1. The van der Waals surface area contributed by atoms with E-state index in [2.05, 4.69) is 19.2 Å². The Hall–Kier alpha value is -1.71. The second-order valence-corrected chi connectivity index (χ2v) is 6.46. The highest BCUT2D eigenvalue weighted by Gasteiger charge is 2.32. The Balaban J connectivity index is 1.59. The van der Waals surface area contributed by atoms with Gasteiger partial charge in [-0.05, 0) is 43.2 Å². The number of esters is 1. The van der Waals surface area contributed by atoms with Gasteiger partial charge in [-0.3, -0.25) is 0 Å². The highest BCUT2D eigenvalue weighted by molar-refractivity contribution is 5.78. The smallest absolute Gasteiger partial charge is 0.349 e. The van der Waals surface area contributed by atoms with Crippen LogP contribution in [0.1, 0.15) is 33.1 Å². The summed E-state index contributed by atoms with van der Waals surface area (Å²) in [6.07, 6.45) is 2.65. The lowest BCUT2D eigenvalue weighted by Crippen LogP contribution is -2.41. The molecule has 1 aromatic carbocycles. The zero-order chi connectivity index (χ0) is 14.8. The number of carbonyl (C=O) groups excluding carboxylic acids is 1.